The van der Waals surface area contributed by atoms with Crippen LogP contribution in [-0.2, 0) is 14.3 Å². The highest BCUT2D eigenvalue weighted by Crippen LogP contribution is 2.33. The largest absolute Gasteiger partial charge is 0.469 e. The van der Waals surface area contributed by atoms with Gasteiger partial charge in [-0.15, -0.1) is 0 Å². The van der Waals surface area contributed by atoms with Crippen LogP contribution in [0.5, 0.6) is 0 Å². The van der Waals surface area contributed by atoms with Crippen molar-refractivity contribution in [2.24, 2.45) is 5.92 Å². The predicted octanol–water partition coefficient (Wildman–Crippen LogP) is 2.52. The lowest BCUT2D eigenvalue weighted by molar-refractivity contribution is -0.145. The van der Waals surface area contributed by atoms with Crippen LogP contribution in [0, 0.1) is 5.92 Å². The first-order chi connectivity index (χ1) is 8.52. The molecule has 1 aromatic carbocycles. The average molecular weight is 288 g/mol. The van der Waals surface area contributed by atoms with E-state index in [9.17, 15) is 9.59 Å². The monoisotopic (exact) mass is 287 g/mol. The van der Waals surface area contributed by atoms with Gasteiger partial charge in [0, 0.05) is 18.0 Å². The van der Waals surface area contributed by atoms with E-state index in [1.54, 1.807) is 18.2 Å². The van der Waals surface area contributed by atoms with Crippen molar-refractivity contribution >= 4 is 40.8 Å². The molecule has 1 aliphatic heterocycles. The Bertz CT molecular complexity index is 504. The van der Waals surface area contributed by atoms with Crippen molar-refractivity contribution in [3.05, 3.63) is 28.2 Å². The number of carbonyl (C=O) groups excluding carboxylic acids is 2. The maximum Gasteiger partial charge on any atom is 0.311 e. The second-order valence-corrected chi connectivity index (χ2v) is 4.87. The highest BCUT2D eigenvalue weighted by Gasteiger charge is 2.36. The third kappa shape index (κ3) is 2.44. The average Bonchev–Trinajstić information content (AvgIpc) is 2.73. The number of halogens is 2. The first kappa shape index (κ1) is 13.2. The zero-order valence-electron chi connectivity index (χ0n) is 9.65. The van der Waals surface area contributed by atoms with Gasteiger partial charge in [0.2, 0.25) is 5.91 Å². The van der Waals surface area contributed by atoms with Crippen LogP contribution in [-0.4, -0.2) is 25.5 Å². The Balaban J connectivity index is 2.27. The molecule has 1 saturated heterocycles. The van der Waals surface area contributed by atoms with Crippen LogP contribution in [0.15, 0.2) is 18.2 Å². The fraction of sp³-hybridized carbons (Fsp3) is 0.333. The van der Waals surface area contributed by atoms with Gasteiger partial charge in [-0.1, -0.05) is 23.2 Å². The van der Waals surface area contributed by atoms with Gasteiger partial charge in [0.25, 0.3) is 0 Å². The zero-order valence-corrected chi connectivity index (χ0v) is 11.2. The van der Waals surface area contributed by atoms with E-state index >= 15 is 0 Å². The topological polar surface area (TPSA) is 46.6 Å². The standard InChI is InChI=1S/C12H11Cl2NO3/c1-18-12(17)7-4-11(16)15(6-7)10-5-8(13)2-3-9(10)14/h2-3,5,7H,4,6H2,1H3/t7-/m0/s1. The van der Waals surface area contributed by atoms with E-state index in [1.807, 2.05) is 0 Å². The van der Waals surface area contributed by atoms with Crippen LogP contribution in [0.25, 0.3) is 0 Å². The summed E-state index contributed by atoms with van der Waals surface area (Å²) in [6.45, 7) is 0.269. The number of anilines is 1. The van der Waals surface area contributed by atoms with E-state index in [0.717, 1.165) is 0 Å². The van der Waals surface area contributed by atoms with E-state index in [4.69, 9.17) is 23.2 Å². The molecule has 6 heteroatoms. The van der Waals surface area contributed by atoms with Crippen LogP contribution in [0.3, 0.4) is 0 Å². The molecule has 18 heavy (non-hydrogen) atoms. The van der Waals surface area contributed by atoms with E-state index < -0.39 is 5.92 Å². The van der Waals surface area contributed by atoms with E-state index in [-0.39, 0.29) is 24.8 Å². The molecule has 0 aliphatic carbocycles. The Morgan fingerprint density at radius 2 is 2.17 bits per heavy atom. The summed E-state index contributed by atoms with van der Waals surface area (Å²) in [6, 6.07) is 4.88. The Hall–Kier alpha value is -1.26. The van der Waals surface area contributed by atoms with Gasteiger partial charge in [0.15, 0.2) is 0 Å². The van der Waals surface area contributed by atoms with E-state index in [2.05, 4.69) is 4.74 Å². The summed E-state index contributed by atoms with van der Waals surface area (Å²) in [7, 11) is 1.31. The van der Waals surface area contributed by atoms with Crippen LogP contribution in [0.2, 0.25) is 10.0 Å². The molecular weight excluding hydrogens is 277 g/mol. The number of rotatable bonds is 2. The maximum absolute atomic E-state index is 11.9. The Morgan fingerprint density at radius 1 is 1.44 bits per heavy atom. The smallest absolute Gasteiger partial charge is 0.311 e. The molecule has 4 nitrogen and oxygen atoms in total. The molecule has 0 spiro atoms. The highest BCUT2D eigenvalue weighted by atomic mass is 35.5. The van der Waals surface area contributed by atoms with Gasteiger partial charge in [0.05, 0.1) is 23.7 Å². The van der Waals surface area contributed by atoms with Crippen molar-refractivity contribution in [3.8, 4) is 0 Å². The van der Waals surface area contributed by atoms with E-state index in [1.165, 1.54) is 12.0 Å². The van der Waals surface area contributed by atoms with Crippen molar-refractivity contribution in [1.82, 2.24) is 0 Å². The molecular formula is C12H11Cl2NO3. The first-order valence-corrected chi connectivity index (χ1v) is 6.11. The third-order valence-electron chi connectivity index (χ3n) is 2.86. The number of benzene rings is 1. The van der Waals surface area contributed by atoms with Crippen molar-refractivity contribution in [3.63, 3.8) is 0 Å². The molecule has 0 N–H and O–H groups in total. The minimum Gasteiger partial charge on any atom is -0.469 e. The number of hydrogen-bond acceptors (Lipinski definition) is 3. The van der Waals surface area contributed by atoms with Crippen LogP contribution in [0.1, 0.15) is 6.42 Å². The molecule has 1 fully saturated rings. The number of hydrogen-bond donors (Lipinski definition) is 0. The lowest BCUT2D eigenvalue weighted by Crippen LogP contribution is -2.26. The second-order valence-electron chi connectivity index (χ2n) is 4.02. The molecule has 1 atom stereocenters. The summed E-state index contributed by atoms with van der Waals surface area (Å²) < 4.78 is 4.64. The lowest BCUT2D eigenvalue weighted by Gasteiger charge is -2.18. The van der Waals surface area contributed by atoms with Gasteiger partial charge in [-0.3, -0.25) is 9.59 Å². The Morgan fingerprint density at radius 3 is 2.83 bits per heavy atom. The van der Waals surface area contributed by atoms with E-state index in [0.29, 0.717) is 15.7 Å². The summed E-state index contributed by atoms with van der Waals surface area (Å²) in [5.74, 6) is -0.990. The van der Waals surface area contributed by atoms with Crippen molar-refractivity contribution in [2.45, 2.75) is 6.42 Å². The van der Waals surface area contributed by atoms with Crippen molar-refractivity contribution in [2.75, 3.05) is 18.6 Å². The number of esters is 1. The number of ether oxygens (including phenoxy) is 1. The summed E-state index contributed by atoms with van der Waals surface area (Å²) >= 11 is 11.9. The molecule has 0 aromatic heterocycles. The molecule has 1 amide bonds. The second kappa shape index (κ2) is 5.16. The van der Waals surface area contributed by atoms with Crippen LogP contribution >= 0.6 is 23.2 Å². The minimum atomic E-state index is -0.447. The zero-order chi connectivity index (χ0) is 13.3. The molecule has 0 radical (unpaired) electrons. The summed E-state index contributed by atoms with van der Waals surface area (Å²) in [6.07, 6.45) is 0.134. The van der Waals surface area contributed by atoms with Crippen LogP contribution < -0.4 is 4.90 Å². The van der Waals surface area contributed by atoms with Gasteiger partial charge < -0.3 is 9.64 Å². The molecule has 0 unspecified atom stereocenters. The van der Waals surface area contributed by atoms with Gasteiger partial charge in [0.1, 0.15) is 0 Å². The predicted molar refractivity (Wildman–Crippen MR) is 68.9 cm³/mol. The fourth-order valence-electron chi connectivity index (χ4n) is 1.96. The summed E-state index contributed by atoms with van der Waals surface area (Å²) in [5.41, 5.74) is 0.528. The first-order valence-electron chi connectivity index (χ1n) is 5.36. The van der Waals surface area contributed by atoms with Gasteiger partial charge in [-0.25, -0.2) is 0 Å². The lowest BCUT2D eigenvalue weighted by atomic mass is 10.1. The minimum absolute atomic E-state index is 0.134. The van der Waals surface area contributed by atoms with Crippen LogP contribution in [0.4, 0.5) is 5.69 Å². The van der Waals surface area contributed by atoms with Crippen molar-refractivity contribution in [1.29, 1.82) is 0 Å². The van der Waals surface area contributed by atoms with Gasteiger partial charge >= 0.3 is 5.97 Å². The van der Waals surface area contributed by atoms with Gasteiger partial charge in [-0.05, 0) is 18.2 Å². The SMILES string of the molecule is COC(=O)[C@H]1CC(=O)N(c2cc(Cl)ccc2Cl)C1. The number of carbonyl (C=O) groups is 2. The number of methoxy groups -OCH3 is 1. The summed E-state index contributed by atoms with van der Waals surface area (Å²) in [4.78, 5) is 24.8. The molecule has 2 rings (SSSR count). The molecule has 1 aliphatic rings. The van der Waals surface area contributed by atoms with Crippen molar-refractivity contribution < 1.29 is 14.3 Å². The van der Waals surface area contributed by atoms with Gasteiger partial charge in [-0.2, -0.15) is 0 Å². The molecule has 96 valence electrons. The normalized spacial score (nSPS) is 19.2. The molecule has 0 bridgehead atoms. The number of amides is 1. The Kier molecular flexibility index (Phi) is 3.78. The third-order valence-corrected chi connectivity index (χ3v) is 3.41. The Labute approximate surface area is 114 Å². The molecule has 1 heterocycles. The highest BCUT2D eigenvalue weighted by molar-refractivity contribution is 6.35. The fourth-order valence-corrected chi connectivity index (χ4v) is 2.34. The number of nitrogens with zero attached hydrogens (tertiary/aromatic N) is 1. The quantitative estimate of drug-likeness (QED) is 0.786. The summed E-state index contributed by atoms with van der Waals surface area (Å²) in [5, 5.41) is 0.919. The maximum atomic E-state index is 11.9. The molecule has 1 aromatic rings. The molecule has 0 saturated carbocycles.